The molecule has 4 nitrogen and oxygen atoms in total. The van der Waals surface area contributed by atoms with Gasteiger partial charge in [-0.2, -0.15) is 0 Å². The molecule has 0 bridgehead atoms. The van der Waals surface area contributed by atoms with Crippen LogP contribution in [0.25, 0.3) is 0 Å². The molecular formula is C9H11N3OS. The number of nitrogens with zero attached hydrogens (tertiary/aromatic N) is 2. The molecule has 0 aliphatic heterocycles. The molecule has 2 N–H and O–H groups in total. The number of rotatable bonds is 2. The van der Waals surface area contributed by atoms with Gasteiger partial charge in [-0.3, -0.25) is 5.41 Å². The van der Waals surface area contributed by atoms with E-state index in [1.54, 1.807) is 12.1 Å². The van der Waals surface area contributed by atoms with Crippen LogP contribution in [0.15, 0.2) is 34.5 Å². The van der Waals surface area contributed by atoms with Crippen molar-refractivity contribution >= 4 is 22.6 Å². The predicted octanol–water partition coefficient (Wildman–Crippen LogP) is 3.16. The van der Waals surface area contributed by atoms with E-state index < -0.39 is 0 Å². The lowest BCUT2D eigenvalue weighted by Gasteiger charge is -1.93. The molecule has 1 rings (SSSR count). The zero-order valence-corrected chi connectivity index (χ0v) is 8.58. The molecule has 0 heterocycles. The lowest BCUT2D eigenvalue weighted by molar-refractivity contribution is 0.475. The molecule has 0 aromatic heterocycles. The van der Waals surface area contributed by atoms with Crippen molar-refractivity contribution in [1.29, 1.82) is 5.41 Å². The van der Waals surface area contributed by atoms with Gasteiger partial charge in [-0.1, -0.05) is 18.7 Å². The molecule has 1 aromatic rings. The van der Waals surface area contributed by atoms with Gasteiger partial charge < -0.3 is 5.11 Å². The van der Waals surface area contributed by atoms with Crippen molar-refractivity contribution < 1.29 is 5.11 Å². The van der Waals surface area contributed by atoms with E-state index >= 15 is 0 Å². The zero-order valence-electron chi connectivity index (χ0n) is 7.77. The first-order valence-electron chi connectivity index (χ1n) is 4.14. The van der Waals surface area contributed by atoms with Gasteiger partial charge in [0.05, 0.1) is 5.69 Å². The monoisotopic (exact) mass is 209 g/mol. The second-order valence-electron chi connectivity index (χ2n) is 2.45. The highest BCUT2D eigenvalue weighted by molar-refractivity contribution is 8.13. The Balaban J connectivity index is 2.60. The Morgan fingerprint density at radius 2 is 2.07 bits per heavy atom. The van der Waals surface area contributed by atoms with Crippen LogP contribution in [-0.2, 0) is 0 Å². The van der Waals surface area contributed by atoms with Crippen LogP contribution in [0.1, 0.15) is 6.92 Å². The number of benzene rings is 1. The van der Waals surface area contributed by atoms with E-state index in [-0.39, 0.29) is 10.9 Å². The smallest absolute Gasteiger partial charge is 0.201 e. The largest absolute Gasteiger partial charge is 0.508 e. The molecule has 1 aromatic carbocycles. The van der Waals surface area contributed by atoms with Crippen molar-refractivity contribution in [3.05, 3.63) is 24.3 Å². The molecule has 14 heavy (non-hydrogen) atoms. The number of aromatic hydroxyl groups is 1. The highest BCUT2D eigenvalue weighted by Crippen LogP contribution is 2.17. The fourth-order valence-corrected chi connectivity index (χ4v) is 1.16. The Hall–Kier alpha value is -1.36. The number of nitrogens with one attached hydrogen (secondary N) is 1. The number of azo groups is 1. The Morgan fingerprint density at radius 3 is 2.64 bits per heavy atom. The summed E-state index contributed by atoms with van der Waals surface area (Å²) in [4.78, 5) is 0. The molecule has 0 amide bonds. The van der Waals surface area contributed by atoms with E-state index in [1.165, 1.54) is 23.9 Å². The summed E-state index contributed by atoms with van der Waals surface area (Å²) in [6.45, 7) is 1.95. The summed E-state index contributed by atoms with van der Waals surface area (Å²) in [5.41, 5.74) is 0.629. The normalized spacial score (nSPS) is 10.6. The number of thioether (sulfide) groups is 1. The Morgan fingerprint density at radius 1 is 1.43 bits per heavy atom. The summed E-state index contributed by atoms with van der Waals surface area (Å²) in [6.07, 6.45) is 0. The first kappa shape index (κ1) is 10.7. The molecule has 0 atom stereocenters. The number of phenolic OH excluding ortho intramolecular Hbond substituents is 1. The Labute approximate surface area is 86.6 Å². The van der Waals surface area contributed by atoms with Crippen molar-refractivity contribution in [3.63, 3.8) is 0 Å². The molecule has 0 saturated carbocycles. The van der Waals surface area contributed by atoms with Crippen LogP contribution in [0.5, 0.6) is 5.75 Å². The van der Waals surface area contributed by atoms with Gasteiger partial charge in [0.25, 0.3) is 0 Å². The lowest BCUT2D eigenvalue weighted by Crippen LogP contribution is -1.81. The SMILES string of the molecule is CCSC(=N)N=Nc1ccc(O)cc1. The molecule has 0 radical (unpaired) electrons. The van der Waals surface area contributed by atoms with E-state index in [4.69, 9.17) is 10.5 Å². The minimum atomic E-state index is 0.195. The van der Waals surface area contributed by atoms with Gasteiger partial charge in [-0.25, -0.2) is 0 Å². The molecule has 0 aliphatic carbocycles. The molecule has 0 unspecified atom stereocenters. The maximum atomic E-state index is 9.00. The third kappa shape index (κ3) is 3.57. The van der Waals surface area contributed by atoms with Crippen molar-refractivity contribution in [1.82, 2.24) is 0 Å². The number of amidine groups is 1. The predicted molar refractivity (Wildman–Crippen MR) is 58.5 cm³/mol. The third-order valence-electron chi connectivity index (χ3n) is 1.39. The molecule has 0 saturated heterocycles. The standard InChI is InChI=1S/C9H11N3OS/c1-2-14-9(10)12-11-7-3-5-8(13)6-4-7/h3-6,10,13H,2H2,1H3. The van der Waals surface area contributed by atoms with Gasteiger partial charge in [-0.15, -0.1) is 10.2 Å². The van der Waals surface area contributed by atoms with Gasteiger partial charge in [0.2, 0.25) is 5.17 Å². The average molecular weight is 209 g/mol. The average Bonchev–Trinajstić information content (AvgIpc) is 2.17. The minimum absolute atomic E-state index is 0.195. The second kappa shape index (κ2) is 5.39. The third-order valence-corrected chi connectivity index (χ3v) is 2.03. The topological polar surface area (TPSA) is 68.8 Å². The van der Waals surface area contributed by atoms with E-state index in [9.17, 15) is 0 Å². The summed E-state index contributed by atoms with van der Waals surface area (Å²) in [6, 6.07) is 6.35. The molecular weight excluding hydrogens is 198 g/mol. The van der Waals surface area contributed by atoms with Crippen molar-refractivity contribution in [2.45, 2.75) is 6.92 Å². The molecule has 5 heteroatoms. The first-order valence-corrected chi connectivity index (χ1v) is 5.13. The molecule has 0 fully saturated rings. The Bertz CT molecular complexity index is 334. The summed E-state index contributed by atoms with van der Waals surface area (Å²) in [7, 11) is 0. The highest BCUT2D eigenvalue weighted by atomic mass is 32.2. The quantitative estimate of drug-likeness (QED) is 0.446. The van der Waals surface area contributed by atoms with Crippen LogP contribution in [0.4, 0.5) is 5.69 Å². The first-order chi connectivity index (χ1) is 6.72. The summed E-state index contributed by atoms with van der Waals surface area (Å²) < 4.78 is 0. The highest BCUT2D eigenvalue weighted by Gasteiger charge is 1.93. The van der Waals surface area contributed by atoms with Gasteiger partial charge in [0.15, 0.2) is 0 Å². The van der Waals surface area contributed by atoms with Crippen molar-refractivity contribution in [2.24, 2.45) is 10.2 Å². The van der Waals surface area contributed by atoms with Crippen LogP contribution in [0.3, 0.4) is 0 Å². The van der Waals surface area contributed by atoms with E-state index in [0.717, 1.165) is 5.75 Å². The molecule has 0 spiro atoms. The summed E-state index contributed by atoms with van der Waals surface area (Å²) in [5.74, 6) is 1.01. The zero-order chi connectivity index (χ0) is 10.4. The lowest BCUT2D eigenvalue weighted by atomic mass is 10.3. The fraction of sp³-hybridized carbons (Fsp3) is 0.222. The fourth-order valence-electron chi connectivity index (χ4n) is 0.788. The number of hydrogen-bond donors (Lipinski definition) is 2. The molecule has 0 aliphatic rings. The van der Waals surface area contributed by atoms with E-state index in [1.807, 2.05) is 6.92 Å². The maximum absolute atomic E-state index is 9.00. The Kier molecular flexibility index (Phi) is 4.12. The van der Waals surface area contributed by atoms with Crippen LogP contribution in [0.2, 0.25) is 0 Å². The second-order valence-corrected chi connectivity index (χ2v) is 3.71. The number of phenols is 1. The minimum Gasteiger partial charge on any atom is -0.508 e. The van der Waals surface area contributed by atoms with E-state index in [0.29, 0.717) is 5.69 Å². The van der Waals surface area contributed by atoms with Crippen LogP contribution in [0, 0.1) is 5.41 Å². The van der Waals surface area contributed by atoms with Crippen molar-refractivity contribution in [3.8, 4) is 5.75 Å². The van der Waals surface area contributed by atoms with Gasteiger partial charge in [0.1, 0.15) is 5.75 Å². The van der Waals surface area contributed by atoms with Crippen LogP contribution in [-0.4, -0.2) is 16.0 Å². The maximum Gasteiger partial charge on any atom is 0.201 e. The summed E-state index contributed by atoms with van der Waals surface area (Å²) >= 11 is 1.33. The van der Waals surface area contributed by atoms with Gasteiger partial charge >= 0.3 is 0 Å². The summed E-state index contributed by atoms with van der Waals surface area (Å²) in [5, 5.41) is 24.1. The van der Waals surface area contributed by atoms with E-state index in [2.05, 4.69) is 10.2 Å². The van der Waals surface area contributed by atoms with Gasteiger partial charge in [0, 0.05) is 0 Å². The van der Waals surface area contributed by atoms with Gasteiger partial charge in [-0.05, 0) is 30.0 Å². The number of hydrogen-bond acceptors (Lipinski definition) is 4. The van der Waals surface area contributed by atoms with Crippen LogP contribution < -0.4 is 0 Å². The van der Waals surface area contributed by atoms with Crippen LogP contribution >= 0.6 is 11.8 Å². The van der Waals surface area contributed by atoms with Crippen molar-refractivity contribution in [2.75, 3.05) is 5.75 Å². The molecule has 74 valence electrons.